The van der Waals surface area contributed by atoms with Crippen molar-refractivity contribution in [2.45, 2.75) is 18.8 Å². The normalized spacial score (nSPS) is 15.7. The molecule has 3 rings (SSSR count). The van der Waals surface area contributed by atoms with E-state index in [-0.39, 0.29) is 5.69 Å². The van der Waals surface area contributed by atoms with E-state index >= 15 is 0 Å². The first-order valence-corrected chi connectivity index (χ1v) is 4.83. The minimum absolute atomic E-state index is 0.159. The highest BCUT2D eigenvalue weighted by Crippen LogP contribution is 2.39. The number of carbonyl (C=O) groups is 1. The molecule has 0 unspecified atom stereocenters. The van der Waals surface area contributed by atoms with Crippen molar-refractivity contribution >= 4 is 11.6 Å². The third-order valence-corrected chi connectivity index (χ3v) is 2.59. The monoisotopic (exact) mass is 203 g/mol. The fourth-order valence-corrected chi connectivity index (χ4v) is 1.65. The SMILES string of the molecule is O=C(O)c1ccnc2cc(C3CC3)nn12. The van der Waals surface area contributed by atoms with Crippen LogP contribution in [0.25, 0.3) is 5.65 Å². The molecule has 1 fully saturated rings. The maximum atomic E-state index is 10.9. The van der Waals surface area contributed by atoms with E-state index in [1.165, 1.54) is 16.8 Å². The van der Waals surface area contributed by atoms with E-state index in [9.17, 15) is 4.79 Å². The quantitative estimate of drug-likeness (QED) is 0.798. The van der Waals surface area contributed by atoms with Crippen molar-refractivity contribution in [1.82, 2.24) is 14.6 Å². The van der Waals surface area contributed by atoms with Gasteiger partial charge in [-0.05, 0) is 18.9 Å². The van der Waals surface area contributed by atoms with Crippen LogP contribution >= 0.6 is 0 Å². The Kier molecular flexibility index (Phi) is 1.56. The number of aromatic nitrogens is 3. The van der Waals surface area contributed by atoms with Crippen LogP contribution in [-0.4, -0.2) is 25.7 Å². The number of carboxylic acids is 1. The molecular formula is C10H9N3O2. The summed E-state index contributed by atoms with van der Waals surface area (Å²) < 4.78 is 1.40. The molecule has 2 aromatic rings. The van der Waals surface area contributed by atoms with Crippen molar-refractivity contribution < 1.29 is 9.90 Å². The lowest BCUT2D eigenvalue weighted by Gasteiger charge is -1.96. The Morgan fingerprint density at radius 1 is 1.53 bits per heavy atom. The summed E-state index contributed by atoms with van der Waals surface area (Å²) in [6, 6.07) is 3.32. The van der Waals surface area contributed by atoms with Crippen LogP contribution in [0.2, 0.25) is 0 Å². The van der Waals surface area contributed by atoms with E-state index in [1.807, 2.05) is 6.07 Å². The van der Waals surface area contributed by atoms with Gasteiger partial charge in [0.05, 0.1) is 5.69 Å². The maximum absolute atomic E-state index is 10.9. The van der Waals surface area contributed by atoms with Crippen LogP contribution in [0.4, 0.5) is 0 Å². The van der Waals surface area contributed by atoms with E-state index in [1.54, 1.807) is 0 Å². The zero-order chi connectivity index (χ0) is 10.4. The molecule has 15 heavy (non-hydrogen) atoms. The predicted octanol–water partition coefficient (Wildman–Crippen LogP) is 1.30. The average Bonchev–Trinajstić information content (AvgIpc) is 2.96. The van der Waals surface area contributed by atoms with Crippen LogP contribution in [0.3, 0.4) is 0 Å². The van der Waals surface area contributed by atoms with Gasteiger partial charge in [-0.1, -0.05) is 0 Å². The van der Waals surface area contributed by atoms with Crippen LogP contribution in [-0.2, 0) is 0 Å². The molecule has 0 spiro atoms. The maximum Gasteiger partial charge on any atom is 0.354 e. The number of hydrogen-bond donors (Lipinski definition) is 1. The Balaban J connectivity index is 2.23. The zero-order valence-corrected chi connectivity index (χ0v) is 7.92. The highest BCUT2D eigenvalue weighted by molar-refractivity contribution is 5.86. The Labute approximate surface area is 85.4 Å². The van der Waals surface area contributed by atoms with E-state index in [4.69, 9.17) is 5.11 Å². The van der Waals surface area contributed by atoms with Crippen molar-refractivity contribution in [2.24, 2.45) is 0 Å². The molecule has 0 atom stereocenters. The van der Waals surface area contributed by atoms with Crippen LogP contribution in [0.15, 0.2) is 18.3 Å². The number of fused-ring (bicyclic) bond motifs is 1. The summed E-state index contributed by atoms with van der Waals surface area (Å²) in [6.45, 7) is 0. The third-order valence-electron chi connectivity index (χ3n) is 2.59. The second-order valence-electron chi connectivity index (χ2n) is 3.75. The molecule has 1 N–H and O–H groups in total. The molecule has 5 nitrogen and oxygen atoms in total. The van der Waals surface area contributed by atoms with Gasteiger partial charge in [-0.15, -0.1) is 0 Å². The van der Waals surface area contributed by atoms with Crippen LogP contribution in [0.1, 0.15) is 34.9 Å². The van der Waals surface area contributed by atoms with Gasteiger partial charge < -0.3 is 5.11 Å². The Bertz CT molecular complexity index is 543. The largest absolute Gasteiger partial charge is 0.477 e. The lowest BCUT2D eigenvalue weighted by atomic mass is 10.3. The van der Waals surface area contributed by atoms with Gasteiger partial charge in [0.25, 0.3) is 0 Å². The molecule has 2 aromatic heterocycles. The number of carboxylic acid groups (broad SMARTS) is 1. The lowest BCUT2D eigenvalue weighted by molar-refractivity contribution is 0.0687. The zero-order valence-electron chi connectivity index (χ0n) is 7.92. The fraction of sp³-hybridized carbons (Fsp3) is 0.300. The second-order valence-corrected chi connectivity index (χ2v) is 3.75. The van der Waals surface area contributed by atoms with Gasteiger partial charge in [0.2, 0.25) is 0 Å². The minimum atomic E-state index is -0.979. The van der Waals surface area contributed by atoms with Gasteiger partial charge in [0.1, 0.15) is 0 Å². The molecule has 0 aliphatic heterocycles. The average molecular weight is 203 g/mol. The summed E-state index contributed by atoms with van der Waals surface area (Å²) in [4.78, 5) is 15.0. The summed E-state index contributed by atoms with van der Waals surface area (Å²) in [7, 11) is 0. The number of hydrogen-bond acceptors (Lipinski definition) is 3. The summed E-state index contributed by atoms with van der Waals surface area (Å²) >= 11 is 0. The molecule has 2 heterocycles. The van der Waals surface area contributed by atoms with E-state index in [0.29, 0.717) is 11.6 Å². The molecule has 76 valence electrons. The van der Waals surface area contributed by atoms with Crippen molar-refractivity contribution in [3.8, 4) is 0 Å². The van der Waals surface area contributed by atoms with Gasteiger partial charge in [-0.25, -0.2) is 14.3 Å². The molecule has 5 heteroatoms. The lowest BCUT2D eigenvalue weighted by Crippen LogP contribution is -2.06. The molecule has 0 saturated heterocycles. The topological polar surface area (TPSA) is 67.5 Å². The summed E-state index contributed by atoms with van der Waals surface area (Å²) in [6.07, 6.45) is 3.79. The highest BCUT2D eigenvalue weighted by atomic mass is 16.4. The first-order valence-electron chi connectivity index (χ1n) is 4.83. The van der Waals surface area contributed by atoms with Crippen LogP contribution in [0, 0.1) is 0 Å². The van der Waals surface area contributed by atoms with Gasteiger partial charge in [0.15, 0.2) is 11.3 Å². The first-order chi connectivity index (χ1) is 7.25. The summed E-state index contributed by atoms with van der Waals surface area (Å²) in [5, 5.41) is 13.2. The number of aromatic carboxylic acids is 1. The highest BCUT2D eigenvalue weighted by Gasteiger charge is 2.27. The molecule has 1 saturated carbocycles. The van der Waals surface area contributed by atoms with E-state index in [2.05, 4.69) is 10.1 Å². The molecule has 1 aliphatic rings. The van der Waals surface area contributed by atoms with Gasteiger partial charge in [0, 0.05) is 18.2 Å². The Morgan fingerprint density at radius 3 is 3.00 bits per heavy atom. The molecule has 0 bridgehead atoms. The second kappa shape index (κ2) is 2.79. The summed E-state index contributed by atoms with van der Waals surface area (Å²) in [5.74, 6) is -0.471. The summed E-state index contributed by atoms with van der Waals surface area (Å²) in [5.41, 5.74) is 1.72. The smallest absolute Gasteiger partial charge is 0.354 e. The Hall–Kier alpha value is -1.91. The van der Waals surface area contributed by atoms with Crippen LogP contribution < -0.4 is 0 Å². The van der Waals surface area contributed by atoms with Gasteiger partial charge >= 0.3 is 5.97 Å². The predicted molar refractivity (Wildman–Crippen MR) is 51.9 cm³/mol. The van der Waals surface area contributed by atoms with Crippen molar-refractivity contribution in [2.75, 3.05) is 0 Å². The minimum Gasteiger partial charge on any atom is -0.477 e. The molecular weight excluding hydrogens is 194 g/mol. The fourth-order valence-electron chi connectivity index (χ4n) is 1.65. The first kappa shape index (κ1) is 8.40. The van der Waals surface area contributed by atoms with Crippen LogP contribution in [0.5, 0.6) is 0 Å². The third kappa shape index (κ3) is 1.27. The van der Waals surface area contributed by atoms with Gasteiger partial charge in [-0.3, -0.25) is 0 Å². The van der Waals surface area contributed by atoms with Crippen molar-refractivity contribution in [1.29, 1.82) is 0 Å². The Morgan fingerprint density at radius 2 is 2.33 bits per heavy atom. The molecule has 0 amide bonds. The van der Waals surface area contributed by atoms with E-state index in [0.717, 1.165) is 18.5 Å². The van der Waals surface area contributed by atoms with E-state index < -0.39 is 5.97 Å². The molecule has 0 aromatic carbocycles. The van der Waals surface area contributed by atoms with Crippen molar-refractivity contribution in [3.05, 3.63) is 29.7 Å². The standard InChI is InChI=1S/C10H9N3O2/c14-10(15)8-3-4-11-9-5-7(6-1-2-6)12-13(8)9/h3-6H,1-2H2,(H,14,15). The number of nitrogens with zero attached hydrogens (tertiary/aromatic N) is 3. The van der Waals surface area contributed by atoms with Gasteiger partial charge in [-0.2, -0.15) is 5.10 Å². The molecule has 0 radical (unpaired) electrons. The molecule has 1 aliphatic carbocycles. The number of rotatable bonds is 2. The van der Waals surface area contributed by atoms with Crippen molar-refractivity contribution in [3.63, 3.8) is 0 Å².